The van der Waals surface area contributed by atoms with E-state index in [9.17, 15) is 22.0 Å². The zero-order valence-corrected chi connectivity index (χ0v) is 8.93. The number of carboxylic acid groups (broad SMARTS) is 1. The average Bonchev–Trinajstić information content (AvgIpc) is 2.11. The number of nitrogens with one attached hydrogen (secondary N) is 1. The first-order valence-corrected chi connectivity index (χ1v) is 5.88. The Morgan fingerprint density at radius 2 is 2.00 bits per heavy atom. The summed E-state index contributed by atoms with van der Waals surface area (Å²) in [6.45, 7) is 1.78. The molecule has 0 aliphatic rings. The van der Waals surface area contributed by atoms with Gasteiger partial charge in [0.15, 0.2) is 0 Å². The molecule has 0 aromatic rings. The predicted molar refractivity (Wildman–Crippen MR) is 49.0 cm³/mol. The summed E-state index contributed by atoms with van der Waals surface area (Å²) in [5.74, 6) is -5.06. The van der Waals surface area contributed by atoms with Crippen LogP contribution in [0.4, 0.5) is 8.78 Å². The van der Waals surface area contributed by atoms with Crippen molar-refractivity contribution in [3.05, 3.63) is 0 Å². The van der Waals surface area contributed by atoms with Crippen LogP contribution >= 0.6 is 0 Å². The van der Waals surface area contributed by atoms with Crippen LogP contribution in [-0.4, -0.2) is 31.3 Å². The van der Waals surface area contributed by atoms with E-state index < -0.39 is 27.8 Å². The maximum atomic E-state index is 11.9. The summed E-state index contributed by atoms with van der Waals surface area (Å²) >= 11 is 0. The van der Waals surface area contributed by atoms with Gasteiger partial charge in [0.25, 0.3) is 10.0 Å². The van der Waals surface area contributed by atoms with Crippen LogP contribution in [0.5, 0.6) is 0 Å². The lowest BCUT2D eigenvalue weighted by Gasteiger charge is -2.13. The third-order valence-electron chi connectivity index (χ3n) is 1.69. The van der Waals surface area contributed by atoms with Crippen LogP contribution in [0, 0.1) is 0 Å². The van der Waals surface area contributed by atoms with E-state index in [-0.39, 0.29) is 6.42 Å². The lowest BCUT2D eigenvalue weighted by atomic mass is 10.1. The molecule has 0 heterocycles. The Bertz CT molecular complexity index is 304. The van der Waals surface area contributed by atoms with E-state index in [0.717, 1.165) is 0 Å². The third kappa shape index (κ3) is 5.03. The molecule has 0 saturated heterocycles. The molecule has 0 aliphatic heterocycles. The number of unbranched alkanes of at least 4 members (excludes halogenated alkanes) is 1. The van der Waals surface area contributed by atoms with Crippen molar-refractivity contribution in [1.82, 2.24) is 4.72 Å². The second-order valence-corrected chi connectivity index (χ2v) is 4.64. The van der Waals surface area contributed by atoms with Gasteiger partial charge in [0.1, 0.15) is 6.04 Å². The number of rotatable bonds is 7. The molecular formula is C7H13F2NO4S. The lowest BCUT2D eigenvalue weighted by Crippen LogP contribution is -2.43. The molecule has 1 atom stereocenters. The van der Waals surface area contributed by atoms with Crippen molar-refractivity contribution in [2.45, 2.75) is 38.0 Å². The van der Waals surface area contributed by atoms with E-state index in [0.29, 0.717) is 12.8 Å². The van der Waals surface area contributed by atoms with Gasteiger partial charge in [-0.1, -0.05) is 19.8 Å². The maximum Gasteiger partial charge on any atom is 0.350 e. The minimum absolute atomic E-state index is 0.00220. The molecule has 0 aliphatic carbocycles. The van der Waals surface area contributed by atoms with Crippen molar-refractivity contribution in [2.75, 3.05) is 0 Å². The monoisotopic (exact) mass is 245 g/mol. The van der Waals surface area contributed by atoms with Gasteiger partial charge in [0.2, 0.25) is 0 Å². The number of hydrogen-bond acceptors (Lipinski definition) is 3. The van der Waals surface area contributed by atoms with Crippen LogP contribution in [0.2, 0.25) is 0 Å². The number of sulfonamides is 1. The van der Waals surface area contributed by atoms with Crippen molar-refractivity contribution in [2.24, 2.45) is 0 Å². The zero-order valence-electron chi connectivity index (χ0n) is 8.11. The molecule has 8 heteroatoms. The Balaban J connectivity index is 4.48. The molecule has 0 fully saturated rings. The van der Waals surface area contributed by atoms with Crippen molar-refractivity contribution in [3.63, 3.8) is 0 Å². The van der Waals surface area contributed by atoms with E-state index in [1.165, 1.54) is 4.72 Å². The van der Waals surface area contributed by atoms with Gasteiger partial charge in [-0.2, -0.15) is 13.5 Å². The van der Waals surface area contributed by atoms with Crippen LogP contribution in [0.1, 0.15) is 26.2 Å². The first kappa shape index (κ1) is 14.2. The summed E-state index contributed by atoms with van der Waals surface area (Å²) in [7, 11) is -4.84. The van der Waals surface area contributed by atoms with Crippen LogP contribution in [0.15, 0.2) is 0 Å². The Morgan fingerprint density at radius 3 is 2.33 bits per heavy atom. The Morgan fingerprint density at radius 1 is 1.47 bits per heavy atom. The van der Waals surface area contributed by atoms with E-state index in [2.05, 4.69) is 0 Å². The highest BCUT2D eigenvalue weighted by atomic mass is 32.2. The van der Waals surface area contributed by atoms with Crippen molar-refractivity contribution < 1.29 is 27.1 Å². The topological polar surface area (TPSA) is 83.5 Å². The smallest absolute Gasteiger partial charge is 0.350 e. The van der Waals surface area contributed by atoms with Gasteiger partial charge in [-0.25, -0.2) is 8.42 Å². The van der Waals surface area contributed by atoms with Gasteiger partial charge in [-0.05, 0) is 6.42 Å². The largest absolute Gasteiger partial charge is 0.480 e. The molecular weight excluding hydrogens is 232 g/mol. The summed E-state index contributed by atoms with van der Waals surface area (Å²) in [6.07, 6.45) is 1.10. The first-order valence-electron chi connectivity index (χ1n) is 4.33. The predicted octanol–water partition coefficient (Wildman–Crippen LogP) is 0.772. The number of carbonyl (C=O) groups is 1. The zero-order chi connectivity index (χ0) is 12.1. The Kier molecular flexibility index (Phi) is 5.66. The molecule has 0 saturated carbocycles. The molecule has 0 amide bonds. The van der Waals surface area contributed by atoms with Crippen molar-refractivity contribution >= 4 is 16.0 Å². The number of hydrogen-bond donors (Lipinski definition) is 2. The lowest BCUT2D eigenvalue weighted by molar-refractivity contribution is -0.139. The molecule has 0 aromatic carbocycles. The highest BCUT2D eigenvalue weighted by Crippen LogP contribution is 2.07. The second-order valence-electron chi connectivity index (χ2n) is 2.96. The van der Waals surface area contributed by atoms with Gasteiger partial charge in [-0.15, -0.1) is 0 Å². The van der Waals surface area contributed by atoms with Crippen LogP contribution in [-0.2, 0) is 14.8 Å². The fourth-order valence-electron chi connectivity index (χ4n) is 0.891. The number of aliphatic carboxylic acids is 1. The van der Waals surface area contributed by atoms with Gasteiger partial charge in [-0.3, -0.25) is 4.79 Å². The molecule has 1 unspecified atom stereocenters. The standard InChI is InChI=1S/C7H13F2NO4S/c1-2-3-4-5(6(11)12)10-15(13,14)7(8)9/h5,7,10H,2-4H2,1H3,(H,11,12). The number of halogens is 2. The SMILES string of the molecule is CCCCC(NS(=O)(=O)C(F)F)C(=O)O. The normalized spacial score (nSPS) is 14.1. The molecule has 0 rings (SSSR count). The second kappa shape index (κ2) is 5.96. The van der Waals surface area contributed by atoms with E-state index in [1.807, 2.05) is 0 Å². The first-order chi connectivity index (χ1) is 6.81. The third-order valence-corrected chi connectivity index (χ3v) is 2.77. The van der Waals surface area contributed by atoms with Gasteiger partial charge in [0, 0.05) is 0 Å². The van der Waals surface area contributed by atoms with Gasteiger partial charge >= 0.3 is 11.7 Å². The Hall–Kier alpha value is -0.760. The molecule has 0 aromatic heterocycles. The summed E-state index contributed by atoms with van der Waals surface area (Å²) < 4.78 is 46.6. The van der Waals surface area contributed by atoms with Crippen LogP contribution in [0.3, 0.4) is 0 Å². The quantitative estimate of drug-likeness (QED) is 0.694. The highest BCUT2D eigenvalue weighted by molar-refractivity contribution is 7.89. The Labute approximate surface area is 86.5 Å². The minimum atomic E-state index is -4.84. The van der Waals surface area contributed by atoms with E-state index in [4.69, 9.17) is 5.11 Å². The molecule has 0 spiro atoms. The van der Waals surface area contributed by atoms with E-state index in [1.54, 1.807) is 6.92 Å². The average molecular weight is 245 g/mol. The highest BCUT2D eigenvalue weighted by Gasteiger charge is 2.30. The van der Waals surface area contributed by atoms with Gasteiger partial charge in [0.05, 0.1) is 0 Å². The maximum absolute atomic E-state index is 11.9. The summed E-state index contributed by atoms with van der Waals surface area (Å²) in [6, 6.07) is -1.48. The molecule has 15 heavy (non-hydrogen) atoms. The van der Waals surface area contributed by atoms with Gasteiger partial charge < -0.3 is 5.11 Å². The molecule has 0 bridgehead atoms. The fraction of sp³-hybridized carbons (Fsp3) is 0.857. The van der Waals surface area contributed by atoms with Crippen LogP contribution in [0.25, 0.3) is 0 Å². The fourth-order valence-corrected chi connectivity index (χ4v) is 1.61. The van der Waals surface area contributed by atoms with Crippen molar-refractivity contribution in [3.8, 4) is 0 Å². The van der Waals surface area contributed by atoms with Crippen LogP contribution < -0.4 is 4.72 Å². The molecule has 90 valence electrons. The number of carboxylic acids is 1. The van der Waals surface area contributed by atoms with E-state index >= 15 is 0 Å². The number of alkyl halides is 2. The summed E-state index contributed by atoms with van der Waals surface area (Å²) in [5, 5.41) is 8.57. The molecule has 2 N–H and O–H groups in total. The molecule has 5 nitrogen and oxygen atoms in total. The summed E-state index contributed by atoms with van der Waals surface area (Å²) in [5.41, 5.74) is 0. The minimum Gasteiger partial charge on any atom is -0.480 e. The summed E-state index contributed by atoms with van der Waals surface area (Å²) in [4.78, 5) is 10.5. The molecule has 0 radical (unpaired) electrons. The van der Waals surface area contributed by atoms with Crippen molar-refractivity contribution in [1.29, 1.82) is 0 Å².